The lowest BCUT2D eigenvalue weighted by atomic mass is 10.0. The Morgan fingerprint density at radius 1 is 1.06 bits per heavy atom. The van der Waals surface area contributed by atoms with Crippen molar-refractivity contribution in [3.63, 3.8) is 0 Å². The monoisotopic (exact) mass is 511 g/mol. The Labute approximate surface area is 208 Å². The summed E-state index contributed by atoms with van der Waals surface area (Å²) in [6, 6.07) is 15.1. The van der Waals surface area contributed by atoms with Gasteiger partial charge in [0.2, 0.25) is 5.91 Å². The molecule has 0 radical (unpaired) electrons. The molecule has 2 rings (SSSR count). The Balaban J connectivity index is 2.13. The van der Waals surface area contributed by atoms with E-state index < -0.39 is 12.1 Å². The van der Waals surface area contributed by atoms with Crippen LogP contribution in [0.4, 0.5) is 0 Å². The number of carbonyl (C=O) groups is 1. The number of thioether (sulfide) groups is 2. The number of aliphatic hydroxyl groups is 2. The number of nitrogens with one attached hydrogen (secondary N) is 1. The van der Waals surface area contributed by atoms with Crippen molar-refractivity contribution in [3.05, 3.63) is 72.3 Å². The minimum atomic E-state index is -0.700. The quantitative estimate of drug-likeness (QED) is 0.203. The van der Waals surface area contributed by atoms with Crippen molar-refractivity contribution in [2.75, 3.05) is 38.2 Å². The molecule has 0 spiro atoms. The highest BCUT2D eigenvalue weighted by Gasteiger charge is 2.32. The number of aliphatic hydroxyl groups excluding tert-OH is 2. The molecule has 3 N–H and O–H groups in total. The number of benzene rings is 2. The van der Waals surface area contributed by atoms with Crippen LogP contribution in [0.15, 0.2) is 61.2 Å². The van der Waals surface area contributed by atoms with Gasteiger partial charge in [0.25, 0.3) is 0 Å². The third-order valence-electron chi connectivity index (χ3n) is 4.87. The van der Waals surface area contributed by atoms with Gasteiger partial charge in [-0.25, -0.2) is 0 Å². The van der Waals surface area contributed by atoms with Crippen LogP contribution in [0.2, 0.25) is 0 Å². The van der Waals surface area contributed by atoms with Crippen molar-refractivity contribution >= 4 is 41.0 Å². The van der Waals surface area contributed by atoms with E-state index in [0.29, 0.717) is 11.5 Å². The minimum absolute atomic E-state index is 0.129. The number of rotatable bonds is 14. The molecule has 9 heteroatoms. The summed E-state index contributed by atoms with van der Waals surface area (Å²) in [5, 5.41) is 21.6. The molecule has 2 atom stereocenters. The van der Waals surface area contributed by atoms with Crippen molar-refractivity contribution in [2.45, 2.75) is 16.2 Å². The van der Waals surface area contributed by atoms with Gasteiger partial charge in [-0.05, 0) is 54.0 Å². The first-order valence-electron chi connectivity index (χ1n) is 10.3. The first kappa shape index (κ1) is 27.4. The Hall–Kier alpha value is -1.84. The molecule has 0 fully saturated rings. The highest BCUT2D eigenvalue weighted by atomic mass is 35.5. The van der Waals surface area contributed by atoms with Crippen molar-refractivity contribution in [3.8, 4) is 11.5 Å². The second kappa shape index (κ2) is 13.8. The summed E-state index contributed by atoms with van der Waals surface area (Å²) in [7, 11) is 0. The van der Waals surface area contributed by atoms with Crippen LogP contribution in [-0.2, 0) is 8.87 Å². The van der Waals surface area contributed by atoms with E-state index >= 15 is 0 Å². The standard InChI is InChI=1S/C24H30ClNO5S2/c1-4-23(29)26-19(14-27)15-30-21-9-5-17(6-10-21)24(32-2,33-3)18-7-11-22(12-8-18)31-16-20(28)13-25/h4-12,19-20,27-28H,1,13-16H2,2-3H3,(H,26,29). The summed E-state index contributed by atoms with van der Waals surface area (Å²) in [5.74, 6) is 1.08. The van der Waals surface area contributed by atoms with Gasteiger partial charge in [0.1, 0.15) is 34.9 Å². The second-order valence-corrected chi connectivity index (χ2v) is 9.70. The van der Waals surface area contributed by atoms with Crippen LogP contribution >= 0.6 is 35.1 Å². The van der Waals surface area contributed by atoms with Gasteiger partial charge in [-0.15, -0.1) is 35.1 Å². The molecule has 0 heterocycles. The molecule has 0 aliphatic heterocycles. The molecule has 0 saturated heterocycles. The molecule has 0 saturated carbocycles. The van der Waals surface area contributed by atoms with Crippen molar-refractivity contribution in [1.29, 1.82) is 0 Å². The zero-order valence-corrected chi connectivity index (χ0v) is 21.1. The van der Waals surface area contributed by atoms with E-state index in [0.717, 1.165) is 17.2 Å². The summed E-state index contributed by atoms with van der Waals surface area (Å²) in [4.78, 5) is 11.4. The smallest absolute Gasteiger partial charge is 0.243 e. The minimum Gasteiger partial charge on any atom is -0.491 e. The largest absolute Gasteiger partial charge is 0.491 e. The molecule has 2 aromatic carbocycles. The first-order valence-corrected chi connectivity index (χ1v) is 13.3. The molecule has 2 unspecified atom stereocenters. The van der Waals surface area contributed by atoms with Crippen LogP contribution in [-0.4, -0.2) is 66.5 Å². The highest BCUT2D eigenvalue weighted by molar-refractivity contribution is 8.17. The van der Waals surface area contributed by atoms with Gasteiger partial charge in [0.15, 0.2) is 0 Å². The molecule has 33 heavy (non-hydrogen) atoms. The fraction of sp³-hybridized carbons (Fsp3) is 0.375. The molecule has 180 valence electrons. The van der Waals surface area contributed by atoms with Crippen LogP contribution in [0.1, 0.15) is 11.1 Å². The van der Waals surface area contributed by atoms with Gasteiger partial charge in [-0.3, -0.25) is 4.79 Å². The zero-order valence-electron chi connectivity index (χ0n) is 18.7. The van der Waals surface area contributed by atoms with Gasteiger partial charge in [0.05, 0.1) is 18.5 Å². The predicted molar refractivity (Wildman–Crippen MR) is 138 cm³/mol. The molecular formula is C24H30ClNO5S2. The average molecular weight is 512 g/mol. The van der Waals surface area contributed by atoms with E-state index in [1.54, 1.807) is 23.5 Å². The Morgan fingerprint density at radius 2 is 1.55 bits per heavy atom. The summed E-state index contributed by atoms with van der Waals surface area (Å²) in [5.41, 5.74) is 2.20. The Bertz CT molecular complexity index is 875. The third-order valence-corrected chi connectivity index (χ3v) is 8.32. The molecule has 0 aromatic heterocycles. The van der Waals surface area contributed by atoms with Gasteiger partial charge < -0.3 is 25.0 Å². The lowest BCUT2D eigenvalue weighted by Gasteiger charge is -2.31. The summed E-state index contributed by atoms with van der Waals surface area (Å²) in [6.45, 7) is 3.46. The molecule has 2 aromatic rings. The second-order valence-electron chi connectivity index (χ2n) is 7.10. The fourth-order valence-corrected chi connectivity index (χ4v) is 5.34. The van der Waals surface area contributed by atoms with Gasteiger partial charge in [-0.1, -0.05) is 30.8 Å². The molecule has 0 aliphatic rings. The van der Waals surface area contributed by atoms with Crippen molar-refractivity contribution in [1.82, 2.24) is 5.32 Å². The highest BCUT2D eigenvalue weighted by Crippen LogP contribution is 2.50. The van der Waals surface area contributed by atoms with Crippen LogP contribution in [0.5, 0.6) is 11.5 Å². The Morgan fingerprint density at radius 3 is 1.94 bits per heavy atom. The van der Waals surface area contributed by atoms with E-state index in [1.165, 1.54) is 0 Å². The van der Waals surface area contributed by atoms with E-state index in [1.807, 2.05) is 48.5 Å². The number of carbonyl (C=O) groups excluding carboxylic acids is 1. The van der Waals surface area contributed by atoms with Crippen LogP contribution in [0.3, 0.4) is 0 Å². The maximum Gasteiger partial charge on any atom is 0.243 e. The topological polar surface area (TPSA) is 88.0 Å². The summed E-state index contributed by atoms with van der Waals surface area (Å²) < 4.78 is 11.0. The number of amides is 1. The van der Waals surface area contributed by atoms with Crippen LogP contribution in [0.25, 0.3) is 0 Å². The summed E-state index contributed by atoms with van der Waals surface area (Å²) in [6.07, 6.45) is 4.59. The van der Waals surface area contributed by atoms with Crippen LogP contribution in [0, 0.1) is 0 Å². The molecule has 1 amide bonds. The Kier molecular flexibility index (Phi) is 11.4. The maximum atomic E-state index is 11.4. The molecule has 6 nitrogen and oxygen atoms in total. The third kappa shape index (κ3) is 7.58. The fourth-order valence-electron chi connectivity index (χ4n) is 3.10. The normalized spacial score (nSPS) is 13.1. The number of hydrogen-bond acceptors (Lipinski definition) is 7. The average Bonchev–Trinajstić information content (AvgIpc) is 2.87. The first-order chi connectivity index (χ1) is 15.9. The zero-order chi connectivity index (χ0) is 24.3. The van der Waals surface area contributed by atoms with E-state index in [4.69, 9.17) is 21.1 Å². The van der Waals surface area contributed by atoms with Gasteiger partial charge >= 0.3 is 0 Å². The lowest BCUT2D eigenvalue weighted by Crippen LogP contribution is -2.40. The number of hydrogen-bond donors (Lipinski definition) is 3. The summed E-state index contributed by atoms with van der Waals surface area (Å²) >= 11 is 9.06. The number of alkyl halides is 1. The van der Waals surface area contributed by atoms with E-state index in [9.17, 15) is 15.0 Å². The van der Waals surface area contributed by atoms with Gasteiger partial charge in [-0.2, -0.15) is 0 Å². The van der Waals surface area contributed by atoms with Gasteiger partial charge in [0, 0.05) is 0 Å². The SMILES string of the molecule is C=CC(=O)NC(CO)COc1ccc(C(SC)(SC)c2ccc(OCC(O)CCl)cc2)cc1. The van der Waals surface area contributed by atoms with Crippen LogP contribution < -0.4 is 14.8 Å². The van der Waals surface area contributed by atoms with E-state index in [-0.39, 0.29) is 35.7 Å². The molecule has 0 aliphatic carbocycles. The van der Waals surface area contributed by atoms with E-state index in [2.05, 4.69) is 24.4 Å². The lowest BCUT2D eigenvalue weighted by molar-refractivity contribution is -0.117. The van der Waals surface area contributed by atoms with Crippen molar-refractivity contribution in [2.24, 2.45) is 0 Å². The predicted octanol–water partition coefficient (Wildman–Crippen LogP) is 3.63. The molecular weight excluding hydrogens is 482 g/mol. The maximum absolute atomic E-state index is 11.4. The molecule has 0 bridgehead atoms. The number of halogens is 1. The number of ether oxygens (including phenoxy) is 2. The van der Waals surface area contributed by atoms with Crippen molar-refractivity contribution < 1.29 is 24.5 Å².